The molecule has 11 heteroatoms. The number of nitrogens with one attached hydrogen (secondary N) is 2. The van der Waals surface area contributed by atoms with Gasteiger partial charge in [0.25, 0.3) is 17.7 Å². The number of piperidine rings is 1. The van der Waals surface area contributed by atoms with Crippen LogP contribution in [0.1, 0.15) is 44.0 Å². The molecule has 0 spiro atoms. The van der Waals surface area contributed by atoms with E-state index in [1.54, 1.807) is 0 Å². The van der Waals surface area contributed by atoms with E-state index in [0.29, 0.717) is 12.8 Å². The van der Waals surface area contributed by atoms with E-state index in [0.717, 1.165) is 18.2 Å². The van der Waals surface area contributed by atoms with Crippen molar-refractivity contribution in [2.45, 2.75) is 18.9 Å². The number of halogens is 3. The fourth-order valence-corrected chi connectivity index (χ4v) is 3.75. The molecule has 35 heavy (non-hydrogen) atoms. The maximum atomic E-state index is 13.9. The molecule has 2 heterocycles. The van der Waals surface area contributed by atoms with E-state index < -0.39 is 40.7 Å². The van der Waals surface area contributed by atoms with Gasteiger partial charge in [-0.15, -0.1) is 0 Å². The second kappa shape index (κ2) is 10.3. The number of nitrogens with zero attached hydrogens (tertiary/aromatic N) is 3. The normalized spacial score (nSPS) is 13.9. The summed E-state index contributed by atoms with van der Waals surface area (Å²) in [5, 5.41) is 5.24. The summed E-state index contributed by atoms with van der Waals surface area (Å²) in [5.41, 5.74) is -0.692. The molecule has 0 bridgehead atoms. The minimum Gasteiger partial charge on any atom is -0.348 e. The Balaban J connectivity index is 1.38. The van der Waals surface area contributed by atoms with Crippen molar-refractivity contribution in [2.75, 3.05) is 18.4 Å². The minimum atomic E-state index is -0.930. The highest BCUT2D eigenvalue weighted by Crippen LogP contribution is 2.19. The molecule has 1 aromatic heterocycles. The first-order valence-corrected chi connectivity index (χ1v) is 10.8. The Bertz CT molecular complexity index is 1260. The largest absolute Gasteiger partial charge is 0.348 e. The van der Waals surface area contributed by atoms with Crippen LogP contribution in [-0.2, 0) is 0 Å². The number of amides is 3. The van der Waals surface area contributed by atoms with Crippen LogP contribution in [0.4, 0.5) is 19.0 Å². The van der Waals surface area contributed by atoms with Crippen molar-refractivity contribution in [3.8, 4) is 0 Å². The average molecular weight is 483 g/mol. The summed E-state index contributed by atoms with van der Waals surface area (Å²) < 4.78 is 41.3. The van der Waals surface area contributed by atoms with E-state index in [1.165, 1.54) is 41.6 Å². The Hall–Kier alpha value is -4.28. The van der Waals surface area contributed by atoms with E-state index in [2.05, 4.69) is 20.6 Å². The third-order valence-corrected chi connectivity index (χ3v) is 5.53. The van der Waals surface area contributed by atoms with Crippen molar-refractivity contribution in [2.24, 2.45) is 0 Å². The number of anilines is 1. The molecule has 0 unspecified atom stereocenters. The van der Waals surface area contributed by atoms with Crippen LogP contribution in [0, 0.1) is 17.5 Å². The molecule has 0 radical (unpaired) electrons. The first-order valence-electron chi connectivity index (χ1n) is 10.8. The summed E-state index contributed by atoms with van der Waals surface area (Å²) in [6, 6.07) is 7.93. The van der Waals surface area contributed by atoms with Crippen LogP contribution in [0.5, 0.6) is 0 Å². The molecule has 4 rings (SSSR count). The maximum Gasteiger partial charge on any atom is 0.273 e. The fourth-order valence-electron chi connectivity index (χ4n) is 3.75. The van der Waals surface area contributed by atoms with Gasteiger partial charge in [0.2, 0.25) is 0 Å². The average Bonchev–Trinajstić information content (AvgIpc) is 2.84. The number of carbonyl (C=O) groups excluding carboxylic acids is 3. The molecule has 3 amide bonds. The van der Waals surface area contributed by atoms with E-state index in [9.17, 15) is 27.6 Å². The molecule has 1 aliphatic rings. The number of hydrogen-bond acceptors (Lipinski definition) is 5. The SMILES string of the molecule is O=C(Nc1nccnc1C(=O)NC1CCN(C(=O)c2c(F)cccc2F)CC1)c1cccc(F)c1. The van der Waals surface area contributed by atoms with Gasteiger partial charge in [0.15, 0.2) is 11.5 Å². The molecule has 2 N–H and O–H groups in total. The van der Waals surface area contributed by atoms with Crippen LogP contribution in [0.3, 0.4) is 0 Å². The van der Waals surface area contributed by atoms with Crippen molar-refractivity contribution < 1.29 is 27.6 Å². The van der Waals surface area contributed by atoms with Crippen LogP contribution in [0.25, 0.3) is 0 Å². The summed E-state index contributed by atoms with van der Waals surface area (Å²) in [6.07, 6.45) is 3.28. The first-order chi connectivity index (χ1) is 16.8. The Morgan fingerprint density at radius 2 is 1.54 bits per heavy atom. The van der Waals surface area contributed by atoms with Crippen LogP contribution < -0.4 is 10.6 Å². The zero-order valence-corrected chi connectivity index (χ0v) is 18.3. The smallest absolute Gasteiger partial charge is 0.273 e. The van der Waals surface area contributed by atoms with Crippen molar-refractivity contribution in [1.82, 2.24) is 20.2 Å². The molecule has 0 aliphatic carbocycles. The van der Waals surface area contributed by atoms with E-state index in [-0.39, 0.29) is 36.2 Å². The summed E-state index contributed by atoms with van der Waals surface area (Å²) >= 11 is 0. The third kappa shape index (κ3) is 5.45. The fraction of sp³-hybridized carbons (Fsp3) is 0.208. The Morgan fingerprint density at radius 3 is 2.23 bits per heavy atom. The lowest BCUT2D eigenvalue weighted by molar-refractivity contribution is 0.0688. The van der Waals surface area contributed by atoms with Gasteiger partial charge >= 0.3 is 0 Å². The lowest BCUT2D eigenvalue weighted by atomic mass is 10.0. The molecule has 0 atom stereocenters. The predicted molar refractivity (Wildman–Crippen MR) is 119 cm³/mol. The number of carbonyl (C=O) groups is 3. The summed E-state index contributed by atoms with van der Waals surface area (Å²) in [5.74, 6) is -4.55. The zero-order chi connectivity index (χ0) is 24.9. The Labute approximate surface area is 198 Å². The summed E-state index contributed by atoms with van der Waals surface area (Å²) in [7, 11) is 0. The Kier molecular flexibility index (Phi) is 7.04. The molecule has 3 aromatic rings. The van der Waals surface area contributed by atoms with Gasteiger partial charge in [0.1, 0.15) is 23.0 Å². The minimum absolute atomic E-state index is 0.0466. The number of aromatic nitrogens is 2. The van der Waals surface area contributed by atoms with Gasteiger partial charge in [0, 0.05) is 37.1 Å². The van der Waals surface area contributed by atoms with E-state index in [1.807, 2.05) is 0 Å². The second-order valence-corrected chi connectivity index (χ2v) is 7.85. The van der Waals surface area contributed by atoms with Crippen LogP contribution in [0.15, 0.2) is 54.9 Å². The lowest BCUT2D eigenvalue weighted by Gasteiger charge is -2.32. The summed E-state index contributed by atoms with van der Waals surface area (Å²) in [4.78, 5) is 47.1. The number of benzene rings is 2. The van der Waals surface area contributed by atoms with Gasteiger partial charge in [-0.2, -0.15) is 0 Å². The number of hydrogen-bond donors (Lipinski definition) is 2. The zero-order valence-electron chi connectivity index (χ0n) is 18.3. The number of likely N-dealkylation sites (tertiary alicyclic amines) is 1. The molecule has 180 valence electrons. The highest BCUT2D eigenvalue weighted by molar-refractivity contribution is 6.07. The lowest BCUT2D eigenvalue weighted by Crippen LogP contribution is -2.47. The van der Waals surface area contributed by atoms with Crippen LogP contribution in [-0.4, -0.2) is 51.7 Å². The monoisotopic (exact) mass is 483 g/mol. The van der Waals surface area contributed by atoms with Gasteiger partial charge < -0.3 is 15.5 Å². The molecule has 1 fully saturated rings. The molecular formula is C24H20F3N5O3. The predicted octanol–water partition coefficient (Wildman–Crippen LogP) is 3.18. The van der Waals surface area contributed by atoms with Crippen LogP contribution >= 0.6 is 0 Å². The molecule has 2 aromatic carbocycles. The standard InChI is InChI=1S/C24H20F3N5O3/c25-15-4-1-3-14(13-15)22(33)31-21-20(28-9-10-29-21)23(34)30-16-7-11-32(12-8-16)24(35)19-17(26)5-2-6-18(19)27/h1-6,9-10,13,16H,7-8,11-12H2,(H,30,34)(H,29,31,33). The van der Waals surface area contributed by atoms with Gasteiger partial charge in [-0.1, -0.05) is 12.1 Å². The second-order valence-electron chi connectivity index (χ2n) is 7.85. The van der Waals surface area contributed by atoms with Gasteiger partial charge in [-0.05, 0) is 43.2 Å². The quantitative estimate of drug-likeness (QED) is 0.580. The van der Waals surface area contributed by atoms with Gasteiger partial charge in [-0.3, -0.25) is 14.4 Å². The third-order valence-electron chi connectivity index (χ3n) is 5.53. The molecule has 1 aliphatic heterocycles. The van der Waals surface area contributed by atoms with Crippen molar-refractivity contribution in [3.63, 3.8) is 0 Å². The first kappa shape index (κ1) is 23.9. The highest BCUT2D eigenvalue weighted by Gasteiger charge is 2.29. The van der Waals surface area contributed by atoms with Crippen molar-refractivity contribution >= 4 is 23.5 Å². The molecular weight excluding hydrogens is 463 g/mol. The van der Waals surface area contributed by atoms with E-state index in [4.69, 9.17) is 0 Å². The highest BCUT2D eigenvalue weighted by atomic mass is 19.1. The molecule has 8 nitrogen and oxygen atoms in total. The van der Waals surface area contributed by atoms with Crippen LogP contribution in [0.2, 0.25) is 0 Å². The van der Waals surface area contributed by atoms with Crippen molar-refractivity contribution in [1.29, 1.82) is 0 Å². The van der Waals surface area contributed by atoms with E-state index >= 15 is 0 Å². The van der Waals surface area contributed by atoms with Crippen molar-refractivity contribution in [3.05, 3.63) is 89.1 Å². The van der Waals surface area contributed by atoms with Gasteiger partial charge in [-0.25, -0.2) is 23.1 Å². The number of rotatable bonds is 5. The molecule has 1 saturated heterocycles. The Morgan fingerprint density at radius 1 is 0.886 bits per heavy atom. The topological polar surface area (TPSA) is 104 Å². The summed E-state index contributed by atoms with van der Waals surface area (Å²) in [6.45, 7) is 0.363. The maximum absolute atomic E-state index is 13.9. The van der Waals surface area contributed by atoms with Gasteiger partial charge in [0.05, 0.1) is 0 Å². The molecule has 0 saturated carbocycles.